The summed E-state index contributed by atoms with van der Waals surface area (Å²) in [5.41, 5.74) is 0.584. The number of hydrazone groups is 1. The molecular weight excluding hydrogens is 412 g/mol. The first kappa shape index (κ1) is 21.9. The molecule has 0 saturated heterocycles. The minimum absolute atomic E-state index is 0.0686. The van der Waals surface area contributed by atoms with Crippen LogP contribution >= 0.6 is 11.8 Å². The van der Waals surface area contributed by atoms with Crippen molar-refractivity contribution in [1.82, 2.24) is 5.01 Å². The highest BCUT2D eigenvalue weighted by molar-refractivity contribution is 8.15. The van der Waals surface area contributed by atoms with Crippen molar-refractivity contribution in [3.8, 4) is 6.07 Å². The predicted molar refractivity (Wildman–Crippen MR) is 108 cm³/mol. The summed E-state index contributed by atoms with van der Waals surface area (Å²) in [5, 5.41) is 14.5. The van der Waals surface area contributed by atoms with Gasteiger partial charge in [0, 0.05) is 12.7 Å². The number of nitrogens with zero attached hydrogens (tertiary/aromatic N) is 3. The first-order chi connectivity index (χ1) is 14.4. The zero-order chi connectivity index (χ0) is 21.7. The van der Waals surface area contributed by atoms with Gasteiger partial charge in [-0.2, -0.15) is 10.4 Å². The average Bonchev–Trinajstić information content (AvgIpc) is 3.15. The van der Waals surface area contributed by atoms with Crippen molar-refractivity contribution >= 4 is 22.7 Å². The van der Waals surface area contributed by atoms with Gasteiger partial charge in [0.2, 0.25) is 0 Å². The molecule has 2 aromatic rings. The summed E-state index contributed by atoms with van der Waals surface area (Å²) in [5.74, 6) is -1.78. The van der Waals surface area contributed by atoms with E-state index in [0.717, 1.165) is 30.0 Å². The van der Waals surface area contributed by atoms with Gasteiger partial charge in [-0.1, -0.05) is 42.1 Å². The van der Waals surface area contributed by atoms with Gasteiger partial charge >= 0.3 is 0 Å². The fourth-order valence-corrected chi connectivity index (χ4v) is 4.28. The number of carbonyl (C=O) groups excluding carboxylic acids is 1. The molecule has 156 valence electrons. The Balaban J connectivity index is 2.14. The van der Waals surface area contributed by atoms with Crippen molar-refractivity contribution in [3.05, 3.63) is 71.3 Å². The summed E-state index contributed by atoms with van der Waals surface area (Å²) < 4.78 is 38.9. The molecular formula is C21H19F2N3O3S. The molecule has 1 amide bonds. The van der Waals surface area contributed by atoms with E-state index in [1.54, 1.807) is 31.2 Å². The molecule has 1 unspecified atom stereocenters. The van der Waals surface area contributed by atoms with Crippen molar-refractivity contribution in [1.29, 1.82) is 5.26 Å². The monoisotopic (exact) mass is 431 g/mol. The third-order valence-corrected chi connectivity index (χ3v) is 5.92. The lowest BCUT2D eigenvalue weighted by molar-refractivity contribution is -0.146. The normalized spacial score (nSPS) is 19.3. The van der Waals surface area contributed by atoms with Crippen LogP contribution in [0.4, 0.5) is 8.78 Å². The average molecular weight is 431 g/mol. The van der Waals surface area contributed by atoms with Gasteiger partial charge in [0.15, 0.2) is 4.87 Å². The van der Waals surface area contributed by atoms with Crippen LogP contribution in [0.5, 0.6) is 0 Å². The van der Waals surface area contributed by atoms with Crippen LogP contribution in [-0.2, 0) is 19.1 Å². The summed E-state index contributed by atoms with van der Waals surface area (Å²) in [6.45, 7) is 1.26. The van der Waals surface area contributed by atoms with Crippen molar-refractivity contribution in [2.75, 3.05) is 20.3 Å². The molecule has 0 saturated carbocycles. The van der Waals surface area contributed by atoms with Crippen LogP contribution in [0.1, 0.15) is 18.1 Å². The molecule has 6 nitrogen and oxygen atoms in total. The highest BCUT2D eigenvalue weighted by Crippen LogP contribution is 2.48. The molecule has 0 aliphatic carbocycles. The largest absolute Gasteiger partial charge is 0.372 e. The molecule has 0 radical (unpaired) electrons. The summed E-state index contributed by atoms with van der Waals surface area (Å²) in [6.07, 6.45) is -0.842. The van der Waals surface area contributed by atoms with Crippen LogP contribution in [-0.4, -0.2) is 42.4 Å². The van der Waals surface area contributed by atoms with Crippen LogP contribution in [0.15, 0.2) is 53.6 Å². The standard InChI is InChI=1S/C21H19F2N3O3S/c1-14(28-2)20(27)26-21(13-29-11-10-24,15-6-4-3-5-7-15)30-19(25-26)17-12-16(22)8-9-18(17)23/h3-9,12,14H,11,13H2,1-2H3/t14-,21?/m0/s1. The Kier molecular flexibility index (Phi) is 6.82. The Morgan fingerprint density at radius 1 is 1.30 bits per heavy atom. The molecule has 1 aliphatic rings. The topological polar surface area (TPSA) is 74.9 Å². The maximum absolute atomic E-state index is 14.5. The maximum atomic E-state index is 14.5. The van der Waals surface area contributed by atoms with E-state index in [4.69, 9.17) is 14.7 Å². The van der Waals surface area contributed by atoms with Crippen LogP contribution in [0.2, 0.25) is 0 Å². The molecule has 1 aliphatic heterocycles. The van der Waals surface area contributed by atoms with Gasteiger partial charge in [-0.25, -0.2) is 13.8 Å². The first-order valence-electron chi connectivity index (χ1n) is 9.03. The minimum atomic E-state index is -1.23. The highest BCUT2D eigenvalue weighted by atomic mass is 32.2. The van der Waals surface area contributed by atoms with Crippen molar-refractivity contribution in [3.63, 3.8) is 0 Å². The minimum Gasteiger partial charge on any atom is -0.372 e. The van der Waals surface area contributed by atoms with E-state index in [0.29, 0.717) is 5.56 Å². The molecule has 0 spiro atoms. The van der Waals surface area contributed by atoms with E-state index in [1.165, 1.54) is 12.1 Å². The fraction of sp³-hybridized carbons (Fsp3) is 0.286. The number of ether oxygens (including phenoxy) is 2. The molecule has 2 atom stereocenters. The van der Waals surface area contributed by atoms with E-state index < -0.39 is 28.5 Å². The summed E-state index contributed by atoms with van der Waals surface area (Å²) in [4.78, 5) is 11.9. The second-order valence-corrected chi connectivity index (χ2v) is 7.73. The van der Waals surface area contributed by atoms with Crippen molar-refractivity contribution in [2.45, 2.75) is 17.9 Å². The number of thioether (sulfide) groups is 1. The Labute approximate surface area is 177 Å². The highest BCUT2D eigenvalue weighted by Gasteiger charge is 2.50. The molecule has 2 aromatic carbocycles. The molecule has 9 heteroatoms. The van der Waals surface area contributed by atoms with Gasteiger partial charge in [-0.3, -0.25) is 4.79 Å². The fourth-order valence-electron chi connectivity index (χ4n) is 2.95. The van der Waals surface area contributed by atoms with Crippen molar-refractivity contribution in [2.24, 2.45) is 5.10 Å². The number of halogens is 2. The van der Waals surface area contributed by atoms with Gasteiger partial charge in [-0.05, 0) is 30.7 Å². The third kappa shape index (κ3) is 4.21. The van der Waals surface area contributed by atoms with Crippen LogP contribution in [0, 0.1) is 23.0 Å². The number of hydrogen-bond donors (Lipinski definition) is 0. The van der Waals surface area contributed by atoms with Crippen LogP contribution in [0.25, 0.3) is 0 Å². The summed E-state index contributed by atoms with van der Waals surface area (Å²) in [7, 11) is 1.39. The van der Waals surface area contributed by atoms with Crippen molar-refractivity contribution < 1.29 is 23.0 Å². The number of methoxy groups -OCH3 is 1. The lowest BCUT2D eigenvalue weighted by Crippen LogP contribution is -2.48. The number of carbonyl (C=O) groups is 1. The van der Waals surface area contributed by atoms with E-state index >= 15 is 0 Å². The molecule has 0 fully saturated rings. The predicted octanol–water partition coefficient (Wildman–Crippen LogP) is 3.63. The van der Waals surface area contributed by atoms with Gasteiger partial charge in [0.1, 0.15) is 29.4 Å². The molecule has 1 heterocycles. The van der Waals surface area contributed by atoms with Crippen LogP contribution < -0.4 is 0 Å². The zero-order valence-corrected chi connectivity index (χ0v) is 17.2. The Morgan fingerprint density at radius 3 is 2.70 bits per heavy atom. The molecule has 3 rings (SSSR count). The quantitative estimate of drug-likeness (QED) is 0.626. The maximum Gasteiger partial charge on any atom is 0.273 e. The van der Waals surface area contributed by atoms with E-state index in [-0.39, 0.29) is 23.8 Å². The molecule has 30 heavy (non-hydrogen) atoms. The number of benzene rings is 2. The van der Waals surface area contributed by atoms with E-state index in [2.05, 4.69) is 5.10 Å². The molecule has 0 bridgehead atoms. The third-order valence-electron chi connectivity index (χ3n) is 4.56. The lowest BCUT2D eigenvalue weighted by Gasteiger charge is -2.36. The first-order valence-corrected chi connectivity index (χ1v) is 9.84. The SMILES string of the molecule is CO[C@@H](C)C(=O)N1N=C(c2cc(F)ccc2F)SC1(COCC#N)c1ccccc1. The Hall–Kier alpha value is -2.80. The van der Waals surface area contributed by atoms with Gasteiger partial charge in [0.25, 0.3) is 5.91 Å². The van der Waals surface area contributed by atoms with Gasteiger partial charge < -0.3 is 9.47 Å². The second kappa shape index (κ2) is 9.34. The summed E-state index contributed by atoms with van der Waals surface area (Å²) in [6, 6.07) is 13.9. The Morgan fingerprint density at radius 2 is 2.03 bits per heavy atom. The van der Waals surface area contributed by atoms with E-state index in [9.17, 15) is 13.6 Å². The lowest BCUT2D eigenvalue weighted by atomic mass is 10.1. The summed E-state index contributed by atoms with van der Waals surface area (Å²) >= 11 is 1.06. The molecule has 0 N–H and O–H groups in total. The van der Waals surface area contributed by atoms with Gasteiger partial charge in [0.05, 0.1) is 12.7 Å². The number of hydrogen-bond acceptors (Lipinski definition) is 6. The number of nitriles is 1. The molecule has 0 aromatic heterocycles. The smallest absolute Gasteiger partial charge is 0.273 e. The van der Waals surface area contributed by atoms with Gasteiger partial charge in [-0.15, -0.1) is 0 Å². The van der Waals surface area contributed by atoms with E-state index in [1.807, 2.05) is 12.1 Å². The Bertz CT molecular complexity index is 997. The zero-order valence-electron chi connectivity index (χ0n) is 16.3. The van der Waals surface area contributed by atoms with Crippen LogP contribution in [0.3, 0.4) is 0 Å². The number of rotatable bonds is 7. The number of amides is 1. The second-order valence-electron chi connectivity index (χ2n) is 6.46.